The number of carbonyl (C=O) groups excluding carboxylic acids is 2. The molecule has 0 radical (unpaired) electrons. The first-order valence-electron chi connectivity index (χ1n) is 9.70. The van der Waals surface area contributed by atoms with Crippen LogP contribution in [0.25, 0.3) is 0 Å². The molecule has 0 aliphatic rings. The Morgan fingerprint density at radius 2 is 1.82 bits per heavy atom. The normalized spacial score (nSPS) is 12.9. The van der Waals surface area contributed by atoms with Crippen molar-refractivity contribution in [2.24, 2.45) is 0 Å². The van der Waals surface area contributed by atoms with Crippen molar-refractivity contribution in [3.05, 3.63) is 70.2 Å². The van der Waals surface area contributed by atoms with Gasteiger partial charge in [-0.25, -0.2) is 0 Å². The highest BCUT2D eigenvalue weighted by Gasteiger charge is 2.27. The summed E-state index contributed by atoms with van der Waals surface area (Å²) >= 11 is 6.11. The minimum atomic E-state index is -0.579. The quantitative estimate of drug-likeness (QED) is 0.708. The van der Waals surface area contributed by atoms with E-state index in [1.165, 1.54) is 0 Å². The van der Waals surface area contributed by atoms with Crippen molar-refractivity contribution < 1.29 is 9.59 Å². The van der Waals surface area contributed by atoms with E-state index in [1.807, 2.05) is 63.2 Å². The highest BCUT2D eigenvalue weighted by atomic mass is 35.5. The molecule has 0 aliphatic carbocycles. The number of nitrogens with one attached hydrogen (secondary N) is 1. The van der Waals surface area contributed by atoms with E-state index in [4.69, 9.17) is 11.6 Å². The Bertz CT molecular complexity index is 822. The standard InChI is InChI=1S/C23H29ClN2O2/c1-5-17(3)25-23(28)18(4)26(15-19-10-8-12-21(24)13-19)22(27)14-20-11-7-6-9-16(20)2/h6-13,17-18H,5,14-15H2,1-4H3,(H,25,28). The molecule has 0 spiro atoms. The van der Waals surface area contributed by atoms with Gasteiger partial charge in [0.25, 0.3) is 0 Å². The second-order valence-electron chi connectivity index (χ2n) is 7.25. The molecule has 2 rings (SSSR count). The van der Waals surface area contributed by atoms with Crippen molar-refractivity contribution >= 4 is 23.4 Å². The first kappa shape index (κ1) is 22.0. The maximum absolute atomic E-state index is 13.2. The van der Waals surface area contributed by atoms with Gasteiger partial charge in [-0.1, -0.05) is 54.9 Å². The molecule has 0 saturated heterocycles. The summed E-state index contributed by atoms with van der Waals surface area (Å²) in [6.45, 7) is 8.07. The Kier molecular flexibility index (Phi) is 8.06. The molecule has 0 fully saturated rings. The van der Waals surface area contributed by atoms with Crippen LogP contribution in [0.2, 0.25) is 5.02 Å². The third-order valence-electron chi connectivity index (χ3n) is 5.01. The van der Waals surface area contributed by atoms with Gasteiger partial charge in [-0.2, -0.15) is 0 Å². The van der Waals surface area contributed by atoms with Crippen LogP contribution >= 0.6 is 11.6 Å². The van der Waals surface area contributed by atoms with E-state index in [0.717, 1.165) is 23.1 Å². The zero-order chi connectivity index (χ0) is 20.7. The van der Waals surface area contributed by atoms with E-state index in [-0.39, 0.29) is 24.3 Å². The molecule has 0 aliphatic heterocycles. The average Bonchev–Trinajstić information content (AvgIpc) is 2.67. The lowest BCUT2D eigenvalue weighted by molar-refractivity contribution is -0.140. The number of rotatable bonds is 8. The van der Waals surface area contributed by atoms with Gasteiger partial charge in [0.15, 0.2) is 0 Å². The van der Waals surface area contributed by atoms with Gasteiger partial charge in [0.2, 0.25) is 11.8 Å². The number of aryl methyl sites for hydroxylation is 1. The summed E-state index contributed by atoms with van der Waals surface area (Å²) < 4.78 is 0. The van der Waals surface area contributed by atoms with E-state index in [1.54, 1.807) is 17.9 Å². The molecule has 5 heteroatoms. The smallest absolute Gasteiger partial charge is 0.242 e. The van der Waals surface area contributed by atoms with Gasteiger partial charge in [-0.15, -0.1) is 0 Å². The van der Waals surface area contributed by atoms with Crippen LogP contribution in [-0.4, -0.2) is 28.8 Å². The number of amides is 2. The van der Waals surface area contributed by atoms with E-state index in [9.17, 15) is 9.59 Å². The Hall–Kier alpha value is -2.33. The lowest BCUT2D eigenvalue weighted by Gasteiger charge is -2.30. The van der Waals surface area contributed by atoms with Crippen LogP contribution < -0.4 is 5.32 Å². The predicted octanol–water partition coefficient (Wildman–Crippen LogP) is 4.52. The van der Waals surface area contributed by atoms with E-state index >= 15 is 0 Å². The number of hydrogen-bond donors (Lipinski definition) is 1. The Morgan fingerprint density at radius 3 is 2.46 bits per heavy atom. The van der Waals surface area contributed by atoms with Crippen LogP contribution in [0.1, 0.15) is 43.9 Å². The van der Waals surface area contributed by atoms with E-state index in [0.29, 0.717) is 11.6 Å². The first-order chi connectivity index (χ1) is 13.3. The molecular formula is C23H29ClN2O2. The van der Waals surface area contributed by atoms with Crippen LogP contribution in [0, 0.1) is 6.92 Å². The lowest BCUT2D eigenvalue weighted by atomic mass is 10.0. The number of hydrogen-bond acceptors (Lipinski definition) is 2. The van der Waals surface area contributed by atoms with Gasteiger partial charge in [0.05, 0.1) is 6.42 Å². The third-order valence-corrected chi connectivity index (χ3v) is 5.25. The molecule has 2 atom stereocenters. The van der Waals surface area contributed by atoms with Crippen molar-refractivity contribution in [2.75, 3.05) is 0 Å². The molecule has 0 heterocycles. The van der Waals surface area contributed by atoms with Gasteiger partial charge in [-0.3, -0.25) is 9.59 Å². The van der Waals surface area contributed by atoms with Crippen molar-refractivity contribution in [1.82, 2.24) is 10.2 Å². The summed E-state index contributed by atoms with van der Waals surface area (Å²) in [4.78, 5) is 27.5. The van der Waals surface area contributed by atoms with Gasteiger partial charge >= 0.3 is 0 Å². The molecule has 2 amide bonds. The minimum Gasteiger partial charge on any atom is -0.352 e. The van der Waals surface area contributed by atoms with Crippen LogP contribution in [0.3, 0.4) is 0 Å². The molecule has 0 aromatic heterocycles. The fraction of sp³-hybridized carbons (Fsp3) is 0.391. The van der Waals surface area contributed by atoms with Gasteiger partial charge < -0.3 is 10.2 Å². The lowest BCUT2D eigenvalue weighted by Crippen LogP contribution is -2.49. The number of nitrogens with zero attached hydrogens (tertiary/aromatic N) is 1. The number of benzene rings is 2. The van der Waals surface area contributed by atoms with E-state index in [2.05, 4.69) is 5.32 Å². The fourth-order valence-corrected chi connectivity index (χ4v) is 3.17. The maximum Gasteiger partial charge on any atom is 0.242 e. The van der Waals surface area contributed by atoms with Crippen LogP contribution in [0.5, 0.6) is 0 Å². The van der Waals surface area contributed by atoms with Crippen molar-refractivity contribution in [3.8, 4) is 0 Å². The summed E-state index contributed by atoms with van der Waals surface area (Å²) in [7, 11) is 0. The molecule has 2 unspecified atom stereocenters. The third kappa shape index (κ3) is 6.10. The van der Waals surface area contributed by atoms with E-state index < -0.39 is 6.04 Å². The molecular weight excluding hydrogens is 372 g/mol. The second-order valence-corrected chi connectivity index (χ2v) is 7.69. The van der Waals surface area contributed by atoms with Crippen molar-refractivity contribution in [1.29, 1.82) is 0 Å². The monoisotopic (exact) mass is 400 g/mol. The van der Waals surface area contributed by atoms with Crippen molar-refractivity contribution in [3.63, 3.8) is 0 Å². The summed E-state index contributed by atoms with van der Waals surface area (Å²) in [5.74, 6) is -0.226. The van der Waals surface area contributed by atoms with Crippen LogP contribution in [0.15, 0.2) is 48.5 Å². The largest absolute Gasteiger partial charge is 0.352 e. The molecule has 0 bridgehead atoms. The van der Waals surface area contributed by atoms with Crippen LogP contribution in [-0.2, 0) is 22.6 Å². The van der Waals surface area contributed by atoms with Crippen molar-refractivity contribution in [2.45, 2.75) is 59.2 Å². The Morgan fingerprint density at radius 1 is 1.11 bits per heavy atom. The predicted molar refractivity (Wildman–Crippen MR) is 114 cm³/mol. The molecule has 150 valence electrons. The zero-order valence-electron chi connectivity index (χ0n) is 17.0. The summed E-state index contributed by atoms with van der Waals surface area (Å²) in [5.41, 5.74) is 2.93. The molecule has 28 heavy (non-hydrogen) atoms. The highest BCUT2D eigenvalue weighted by Crippen LogP contribution is 2.17. The Labute approximate surface area is 172 Å². The van der Waals surface area contributed by atoms with Gasteiger partial charge in [0.1, 0.15) is 6.04 Å². The minimum absolute atomic E-state index is 0.0643. The number of halogens is 1. The summed E-state index contributed by atoms with van der Waals surface area (Å²) in [6.07, 6.45) is 1.10. The molecule has 2 aromatic carbocycles. The molecule has 4 nitrogen and oxygen atoms in total. The fourth-order valence-electron chi connectivity index (χ4n) is 2.95. The second kappa shape index (κ2) is 10.3. The average molecular weight is 401 g/mol. The zero-order valence-corrected chi connectivity index (χ0v) is 17.8. The first-order valence-corrected chi connectivity index (χ1v) is 10.1. The van der Waals surface area contributed by atoms with Gasteiger partial charge in [0, 0.05) is 17.6 Å². The SMILES string of the molecule is CCC(C)NC(=O)C(C)N(Cc1cccc(Cl)c1)C(=O)Cc1ccccc1C. The highest BCUT2D eigenvalue weighted by molar-refractivity contribution is 6.30. The summed E-state index contributed by atoms with van der Waals surface area (Å²) in [6, 6.07) is 14.7. The maximum atomic E-state index is 13.2. The van der Waals surface area contributed by atoms with Gasteiger partial charge in [-0.05, 0) is 56.0 Å². The molecule has 0 saturated carbocycles. The molecule has 2 aromatic rings. The number of carbonyl (C=O) groups is 2. The van der Waals surface area contributed by atoms with Crippen LogP contribution in [0.4, 0.5) is 0 Å². The topological polar surface area (TPSA) is 49.4 Å². The summed E-state index contributed by atoms with van der Waals surface area (Å²) in [5, 5.41) is 3.59. The molecule has 1 N–H and O–H groups in total. The Balaban J connectivity index is 2.25.